The number of Topliss-reactive ketones (excluding diaryl/α,β-unsaturated/α-hetero) is 1. The lowest BCUT2D eigenvalue weighted by Crippen LogP contribution is -2.30. The Labute approximate surface area is 119 Å². The van der Waals surface area contributed by atoms with Crippen LogP contribution in [0.4, 0.5) is 0 Å². The third kappa shape index (κ3) is 11.1. The van der Waals surface area contributed by atoms with Crippen molar-refractivity contribution in [3.63, 3.8) is 0 Å². The predicted octanol–water partition coefficient (Wildman–Crippen LogP) is 4.14. The molecule has 0 N–H and O–H groups in total. The Morgan fingerprint density at radius 1 is 0.947 bits per heavy atom. The van der Waals surface area contributed by atoms with E-state index in [9.17, 15) is 4.79 Å². The molecule has 0 saturated heterocycles. The number of hydrogen-bond acceptors (Lipinski definition) is 3. The van der Waals surface area contributed by atoms with Crippen molar-refractivity contribution in [2.45, 2.75) is 84.8 Å². The maximum atomic E-state index is 10.9. The van der Waals surface area contributed by atoms with Crippen LogP contribution in [0.2, 0.25) is 0 Å². The maximum Gasteiger partial charge on any atom is 0.129 e. The fourth-order valence-corrected chi connectivity index (χ4v) is 2.15. The number of carbonyl (C=O) groups excluding carboxylic acids is 1. The molecule has 0 aromatic carbocycles. The Hall–Kier alpha value is -0.410. The van der Waals surface area contributed by atoms with Crippen LogP contribution < -0.4 is 0 Å². The van der Waals surface area contributed by atoms with Gasteiger partial charge in [-0.05, 0) is 53.9 Å². The van der Waals surface area contributed by atoms with Gasteiger partial charge in [-0.15, -0.1) is 0 Å². The number of carbonyl (C=O) groups is 1. The van der Waals surface area contributed by atoms with Gasteiger partial charge < -0.3 is 14.3 Å². The fraction of sp³-hybridized carbons (Fsp3) is 0.938. The second-order valence-corrected chi connectivity index (χ2v) is 6.52. The van der Waals surface area contributed by atoms with E-state index in [4.69, 9.17) is 9.47 Å². The molecule has 0 radical (unpaired) electrons. The third-order valence-corrected chi connectivity index (χ3v) is 3.23. The van der Waals surface area contributed by atoms with Crippen molar-refractivity contribution in [3.8, 4) is 0 Å². The second kappa shape index (κ2) is 8.70. The Bertz CT molecular complexity index is 257. The van der Waals surface area contributed by atoms with Gasteiger partial charge in [-0.3, -0.25) is 0 Å². The largest absolute Gasteiger partial charge is 0.373 e. The van der Waals surface area contributed by atoms with E-state index in [2.05, 4.69) is 34.6 Å². The summed E-state index contributed by atoms with van der Waals surface area (Å²) in [7, 11) is 0. The summed E-state index contributed by atoms with van der Waals surface area (Å²) in [5.74, 6) is 0.250. The average Bonchev–Trinajstić information content (AvgIpc) is 2.23. The zero-order valence-electron chi connectivity index (χ0n) is 13.7. The number of hydrogen-bond donors (Lipinski definition) is 0. The van der Waals surface area contributed by atoms with E-state index < -0.39 is 0 Å². The molecule has 0 rings (SSSR count). The molecule has 114 valence electrons. The molecule has 19 heavy (non-hydrogen) atoms. The molecule has 0 aromatic rings. The number of rotatable bonds is 11. The SMILES string of the molecule is CCCC(C)(C)OCCOC(C)(C)CCCC(C)=O. The van der Waals surface area contributed by atoms with E-state index in [-0.39, 0.29) is 17.0 Å². The molecule has 0 heterocycles. The van der Waals surface area contributed by atoms with Gasteiger partial charge in [-0.1, -0.05) is 13.3 Å². The highest BCUT2D eigenvalue weighted by molar-refractivity contribution is 5.75. The molecule has 0 aliphatic rings. The smallest absolute Gasteiger partial charge is 0.129 e. The quantitative estimate of drug-likeness (QED) is 0.530. The van der Waals surface area contributed by atoms with Gasteiger partial charge in [-0.2, -0.15) is 0 Å². The third-order valence-electron chi connectivity index (χ3n) is 3.23. The van der Waals surface area contributed by atoms with Gasteiger partial charge in [0.05, 0.1) is 24.4 Å². The molecule has 0 amide bonds. The average molecular weight is 272 g/mol. The fourth-order valence-electron chi connectivity index (χ4n) is 2.15. The lowest BCUT2D eigenvalue weighted by Gasteiger charge is -2.28. The monoisotopic (exact) mass is 272 g/mol. The summed E-state index contributed by atoms with van der Waals surface area (Å²) >= 11 is 0. The molecule has 0 aromatic heterocycles. The molecule has 3 nitrogen and oxygen atoms in total. The van der Waals surface area contributed by atoms with Crippen LogP contribution >= 0.6 is 0 Å². The molecule has 0 aliphatic heterocycles. The summed E-state index contributed by atoms with van der Waals surface area (Å²) in [6.07, 6.45) is 4.64. The van der Waals surface area contributed by atoms with Gasteiger partial charge in [0, 0.05) is 6.42 Å². The summed E-state index contributed by atoms with van der Waals surface area (Å²) in [6.45, 7) is 13.4. The standard InChI is InChI=1S/C16H32O3/c1-7-10-15(3,4)18-12-13-19-16(5,6)11-8-9-14(2)17/h7-13H2,1-6H3. The van der Waals surface area contributed by atoms with E-state index in [1.54, 1.807) is 6.92 Å². The minimum atomic E-state index is -0.173. The van der Waals surface area contributed by atoms with Crippen LogP contribution in [0.5, 0.6) is 0 Å². The van der Waals surface area contributed by atoms with Crippen LogP contribution in [-0.2, 0) is 14.3 Å². The van der Waals surface area contributed by atoms with E-state index in [0.717, 1.165) is 25.7 Å². The van der Waals surface area contributed by atoms with Crippen molar-refractivity contribution >= 4 is 5.78 Å². The topological polar surface area (TPSA) is 35.5 Å². The van der Waals surface area contributed by atoms with Gasteiger partial charge in [0.2, 0.25) is 0 Å². The van der Waals surface area contributed by atoms with Gasteiger partial charge >= 0.3 is 0 Å². The van der Waals surface area contributed by atoms with Crippen LogP contribution in [0.25, 0.3) is 0 Å². The highest BCUT2D eigenvalue weighted by Gasteiger charge is 2.20. The van der Waals surface area contributed by atoms with Crippen LogP contribution in [-0.4, -0.2) is 30.2 Å². The first-order valence-corrected chi connectivity index (χ1v) is 7.46. The Kier molecular flexibility index (Phi) is 8.51. The van der Waals surface area contributed by atoms with Gasteiger partial charge in [0.1, 0.15) is 5.78 Å². The molecular weight excluding hydrogens is 240 g/mol. The van der Waals surface area contributed by atoms with Crippen LogP contribution in [0.3, 0.4) is 0 Å². The molecule has 0 unspecified atom stereocenters. The Morgan fingerprint density at radius 3 is 1.84 bits per heavy atom. The first-order chi connectivity index (χ1) is 8.68. The van der Waals surface area contributed by atoms with E-state index in [1.165, 1.54) is 0 Å². The molecule has 0 fully saturated rings. The molecule has 0 spiro atoms. The highest BCUT2D eigenvalue weighted by Crippen LogP contribution is 2.19. The molecule has 0 atom stereocenters. The Morgan fingerprint density at radius 2 is 1.42 bits per heavy atom. The molecule has 0 saturated carbocycles. The zero-order chi connectivity index (χ0) is 14.9. The maximum absolute atomic E-state index is 10.9. The lowest BCUT2D eigenvalue weighted by atomic mass is 10.0. The number of ether oxygens (including phenoxy) is 2. The van der Waals surface area contributed by atoms with Crippen LogP contribution in [0, 0.1) is 0 Å². The van der Waals surface area contributed by atoms with Crippen molar-refractivity contribution in [1.29, 1.82) is 0 Å². The summed E-state index contributed by atoms with van der Waals surface area (Å²) in [4.78, 5) is 10.9. The number of ketones is 1. The van der Waals surface area contributed by atoms with Crippen molar-refractivity contribution in [2.75, 3.05) is 13.2 Å². The minimum Gasteiger partial charge on any atom is -0.373 e. The summed E-state index contributed by atoms with van der Waals surface area (Å²) < 4.78 is 11.7. The molecule has 3 heteroatoms. The van der Waals surface area contributed by atoms with Crippen molar-refractivity contribution < 1.29 is 14.3 Å². The van der Waals surface area contributed by atoms with Crippen LogP contribution in [0.15, 0.2) is 0 Å². The van der Waals surface area contributed by atoms with E-state index in [1.807, 2.05) is 0 Å². The minimum absolute atomic E-state index is 0.0586. The van der Waals surface area contributed by atoms with E-state index in [0.29, 0.717) is 19.6 Å². The van der Waals surface area contributed by atoms with Crippen molar-refractivity contribution in [3.05, 3.63) is 0 Å². The second-order valence-electron chi connectivity index (χ2n) is 6.52. The van der Waals surface area contributed by atoms with Crippen molar-refractivity contribution in [1.82, 2.24) is 0 Å². The van der Waals surface area contributed by atoms with Gasteiger partial charge in [-0.25, -0.2) is 0 Å². The summed E-state index contributed by atoms with van der Waals surface area (Å²) in [6, 6.07) is 0. The summed E-state index contributed by atoms with van der Waals surface area (Å²) in [5.41, 5.74) is -0.232. The van der Waals surface area contributed by atoms with Crippen molar-refractivity contribution in [2.24, 2.45) is 0 Å². The molecule has 0 aliphatic carbocycles. The van der Waals surface area contributed by atoms with Gasteiger partial charge in [0.25, 0.3) is 0 Å². The predicted molar refractivity (Wildman–Crippen MR) is 79.5 cm³/mol. The normalized spacial score (nSPS) is 12.7. The van der Waals surface area contributed by atoms with Gasteiger partial charge in [0.15, 0.2) is 0 Å². The highest BCUT2D eigenvalue weighted by atomic mass is 16.5. The lowest BCUT2D eigenvalue weighted by molar-refractivity contribution is -0.117. The first kappa shape index (κ1) is 18.6. The first-order valence-electron chi connectivity index (χ1n) is 7.46. The molecular formula is C16H32O3. The Balaban J connectivity index is 3.76. The van der Waals surface area contributed by atoms with E-state index >= 15 is 0 Å². The molecule has 0 bridgehead atoms. The van der Waals surface area contributed by atoms with Crippen LogP contribution in [0.1, 0.15) is 73.6 Å². The zero-order valence-corrected chi connectivity index (χ0v) is 13.7. The summed E-state index contributed by atoms with van der Waals surface area (Å²) in [5, 5.41) is 0.